The number of aryl methyl sites for hydroxylation is 1. The Kier molecular flexibility index (Phi) is 2.60. The van der Waals surface area contributed by atoms with Crippen molar-refractivity contribution in [2.75, 3.05) is 0 Å². The third-order valence-corrected chi connectivity index (χ3v) is 1.48. The Labute approximate surface area is 75.5 Å². The molecule has 0 aliphatic carbocycles. The number of pyridine rings is 1. The fourth-order valence-corrected chi connectivity index (χ4v) is 1.07. The lowest BCUT2D eigenvalue weighted by Gasteiger charge is -1.99. The number of carbonyl (C=O) groups is 1. The summed E-state index contributed by atoms with van der Waals surface area (Å²) in [6.07, 6.45) is -0.0714. The zero-order valence-electron chi connectivity index (χ0n) is 7.11. The van der Waals surface area contributed by atoms with Crippen LogP contribution in [0.15, 0.2) is 12.1 Å². The Morgan fingerprint density at radius 3 is 2.92 bits per heavy atom. The zero-order valence-corrected chi connectivity index (χ0v) is 7.11. The summed E-state index contributed by atoms with van der Waals surface area (Å²) in [4.78, 5) is 14.3. The maximum atomic E-state index is 10.4. The fourth-order valence-electron chi connectivity index (χ4n) is 1.07. The number of carboxylic acids is 1. The van der Waals surface area contributed by atoms with E-state index in [-0.39, 0.29) is 12.1 Å². The molecular weight excluding hydrogens is 168 g/mol. The van der Waals surface area contributed by atoms with E-state index in [9.17, 15) is 4.79 Å². The molecule has 0 amide bonds. The molecule has 0 saturated heterocycles. The highest BCUT2D eigenvalue weighted by atomic mass is 16.4. The van der Waals surface area contributed by atoms with Gasteiger partial charge >= 0.3 is 5.97 Å². The first-order chi connectivity index (χ1) is 6.11. The van der Waals surface area contributed by atoms with Crippen LogP contribution >= 0.6 is 0 Å². The second-order valence-corrected chi connectivity index (χ2v) is 2.68. The van der Waals surface area contributed by atoms with Crippen molar-refractivity contribution in [2.24, 2.45) is 0 Å². The molecule has 0 aliphatic heterocycles. The molecule has 0 bridgehead atoms. The minimum Gasteiger partial charge on any atom is -0.481 e. The average molecular weight is 176 g/mol. The van der Waals surface area contributed by atoms with E-state index in [0.717, 1.165) is 0 Å². The van der Waals surface area contributed by atoms with Gasteiger partial charge in [-0.3, -0.25) is 4.79 Å². The Morgan fingerprint density at radius 1 is 1.69 bits per heavy atom. The van der Waals surface area contributed by atoms with Gasteiger partial charge < -0.3 is 5.11 Å². The second kappa shape index (κ2) is 3.68. The van der Waals surface area contributed by atoms with Gasteiger partial charge in [0.1, 0.15) is 11.8 Å². The van der Waals surface area contributed by atoms with Crippen LogP contribution in [0.2, 0.25) is 0 Å². The molecule has 0 aromatic carbocycles. The number of rotatable bonds is 2. The van der Waals surface area contributed by atoms with Gasteiger partial charge in [-0.1, -0.05) is 0 Å². The molecule has 1 N–H and O–H groups in total. The molecule has 0 radical (unpaired) electrons. The quantitative estimate of drug-likeness (QED) is 0.726. The molecule has 0 saturated carbocycles. The summed E-state index contributed by atoms with van der Waals surface area (Å²) >= 11 is 0. The van der Waals surface area contributed by atoms with Crippen molar-refractivity contribution < 1.29 is 9.90 Å². The highest BCUT2D eigenvalue weighted by molar-refractivity contribution is 5.70. The molecule has 1 rings (SSSR count). The summed E-state index contributed by atoms with van der Waals surface area (Å²) in [5.41, 5.74) is 1.53. The van der Waals surface area contributed by atoms with Gasteiger partial charge in [0.15, 0.2) is 0 Å². The zero-order chi connectivity index (χ0) is 9.84. The summed E-state index contributed by atoms with van der Waals surface area (Å²) < 4.78 is 0. The Hall–Kier alpha value is -1.89. The summed E-state index contributed by atoms with van der Waals surface area (Å²) in [6.45, 7) is 1.73. The number of hydrogen-bond donors (Lipinski definition) is 1. The molecule has 66 valence electrons. The van der Waals surface area contributed by atoms with Gasteiger partial charge in [-0.25, -0.2) is 4.98 Å². The molecule has 0 fully saturated rings. The molecule has 0 atom stereocenters. The third kappa shape index (κ3) is 2.56. The first-order valence-corrected chi connectivity index (χ1v) is 3.71. The van der Waals surface area contributed by atoms with E-state index in [2.05, 4.69) is 4.98 Å². The van der Waals surface area contributed by atoms with E-state index in [1.54, 1.807) is 13.0 Å². The monoisotopic (exact) mass is 176 g/mol. The van der Waals surface area contributed by atoms with Crippen LogP contribution in [-0.2, 0) is 11.2 Å². The van der Waals surface area contributed by atoms with Crippen LogP contribution in [0.3, 0.4) is 0 Å². The highest BCUT2D eigenvalue weighted by Gasteiger charge is 2.03. The molecule has 4 heteroatoms. The number of hydrogen-bond acceptors (Lipinski definition) is 3. The molecular formula is C9H8N2O2. The van der Waals surface area contributed by atoms with Crippen molar-refractivity contribution in [3.8, 4) is 6.07 Å². The maximum absolute atomic E-state index is 10.4. The first kappa shape index (κ1) is 9.20. The van der Waals surface area contributed by atoms with Crippen LogP contribution < -0.4 is 0 Å². The largest absolute Gasteiger partial charge is 0.481 e. The number of carboxylic acid groups (broad SMARTS) is 1. The summed E-state index contributed by atoms with van der Waals surface area (Å²) in [5.74, 6) is -0.908. The molecule has 1 aromatic heterocycles. The number of nitrogens with zero attached hydrogens (tertiary/aromatic N) is 2. The van der Waals surface area contributed by atoms with Gasteiger partial charge in [0.25, 0.3) is 0 Å². The van der Waals surface area contributed by atoms with E-state index in [1.807, 2.05) is 6.07 Å². The van der Waals surface area contributed by atoms with Crippen LogP contribution in [0.5, 0.6) is 0 Å². The lowest BCUT2D eigenvalue weighted by molar-refractivity contribution is -0.136. The first-order valence-electron chi connectivity index (χ1n) is 3.71. The van der Waals surface area contributed by atoms with Gasteiger partial charge in [-0.2, -0.15) is 5.26 Å². The van der Waals surface area contributed by atoms with Crippen molar-refractivity contribution in [1.82, 2.24) is 4.98 Å². The summed E-state index contributed by atoms with van der Waals surface area (Å²) in [5, 5.41) is 17.1. The molecule has 0 unspecified atom stereocenters. The third-order valence-electron chi connectivity index (χ3n) is 1.48. The van der Waals surface area contributed by atoms with Gasteiger partial charge in [0.2, 0.25) is 0 Å². The van der Waals surface area contributed by atoms with E-state index < -0.39 is 5.97 Å². The molecule has 1 heterocycles. The van der Waals surface area contributed by atoms with Crippen molar-refractivity contribution in [3.63, 3.8) is 0 Å². The lowest BCUT2D eigenvalue weighted by atomic mass is 10.1. The molecule has 4 nitrogen and oxygen atoms in total. The number of aliphatic carboxylic acids is 1. The topological polar surface area (TPSA) is 74.0 Å². The summed E-state index contributed by atoms with van der Waals surface area (Å²) in [6, 6.07) is 5.03. The molecule has 13 heavy (non-hydrogen) atoms. The molecule has 0 aliphatic rings. The van der Waals surface area contributed by atoms with Gasteiger partial charge in [-0.05, 0) is 24.6 Å². The predicted molar refractivity (Wildman–Crippen MR) is 45.0 cm³/mol. The highest BCUT2D eigenvalue weighted by Crippen LogP contribution is 2.05. The average Bonchev–Trinajstić information content (AvgIpc) is 2.01. The smallest absolute Gasteiger partial charge is 0.307 e. The van der Waals surface area contributed by atoms with Crippen molar-refractivity contribution in [3.05, 3.63) is 29.1 Å². The van der Waals surface area contributed by atoms with Gasteiger partial charge in [0, 0.05) is 5.69 Å². The van der Waals surface area contributed by atoms with Crippen LogP contribution in [0.25, 0.3) is 0 Å². The second-order valence-electron chi connectivity index (χ2n) is 2.68. The van der Waals surface area contributed by atoms with Gasteiger partial charge in [0.05, 0.1) is 6.42 Å². The summed E-state index contributed by atoms with van der Waals surface area (Å²) in [7, 11) is 0. The standard InChI is InChI=1S/C9H8N2O2/c1-6-2-7(4-9(12)13)3-8(5-10)11-6/h2-3H,4H2,1H3,(H,12,13). The van der Waals surface area contributed by atoms with Crippen molar-refractivity contribution >= 4 is 5.97 Å². The predicted octanol–water partition coefficient (Wildman–Crippen LogP) is 0.889. The fraction of sp³-hybridized carbons (Fsp3) is 0.222. The van der Waals surface area contributed by atoms with E-state index in [1.165, 1.54) is 6.07 Å². The normalized spacial score (nSPS) is 9.23. The number of aromatic nitrogens is 1. The SMILES string of the molecule is Cc1cc(CC(=O)O)cc(C#N)n1. The molecule has 1 aromatic rings. The van der Waals surface area contributed by atoms with Crippen molar-refractivity contribution in [1.29, 1.82) is 5.26 Å². The van der Waals surface area contributed by atoms with Crippen molar-refractivity contribution in [2.45, 2.75) is 13.3 Å². The molecule has 0 spiro atoms. The Morgan fingerprint density at radius 2 is 2.38 bits per heavy atom. The maximum Gasteiger partial charge on any atom is 0.307 e. The Balaban J connectivity index is 3.03. The minimum atomic E-state index is -0.908. The van der Waals surface area contributed by atoms with Crippen LogP contribution in [-0.4, -0.2) is 16.1 Å². The Bertz CT molecular complexity index is 380. The number of nitriles is 1. The van der Waals surface area contributed by atoms with E-state index in [0.29, 0.717) is 11.3 Å². The lowest BCUT2D eigenvalue weighted by Crippen LogP contribution is -2.01. The van der Waals surface area contributed by atoms with E-state index >= 15 is 0 Å². The van der Waals surface area contributed by atoms with Crippen LogP contribution in [0.1, 0.15) is 17.0 Å². The van der Waals surface area contributed by atoms with Crippen LogP contribution in [0, 0.1) is 18.3 Å². The minimum absolute atomic E-state index is 0.0714. The van der Waals surface area contributed by atoms with Crippen LogP contribution in [0.4, 0.5) is 0 Å². The van der Waals surface area contributed by atoms with Gasteiger partial charge in [-0.15, -0.1) is 0 Å². The van der Waals surface area contributed by atoms with E-state index in [4.69, 9.17) is 10.4 Å².